The molecule has 3 aliphatic carbocycles. The number of hydrogen-bond donors (Lipinski definition) is 1. The van der Waals surface area contributed by atoms with Crippen molar-refractivity contribution in [3.8, 4) is 0 Å². The van der Waals surface area contributed by atoms with Crippen LogP contribution in [-0.2, 0) is 9.59 Å². The fourth-order valence-electron chi connectivity index (χ4n) is 5.98. The lowest BCUT2D eigenvalue weighted by Gasteiger charge is -2.59. The Balaban J connectivity index is 1.80. The minimum atomic E-state index is -0.0502. The predicted molar refractivity (Wildman–Crippen MR) is 119 cm³/mol. The summed E-state index contributed by atoms with van der Waals surface area (Å²) in [6.45, 7) is 16.5. The largest absolute Gasteiger partial charge is 0.382 e. The molecule has 0 saturated heterocycles. The third-order valence-corrected chi connectivity index (χ3v) is 8.64. The van der Waals surface area contributed by atoms with Crippen LogP contribution in [0.2, 0.25) is 0 Å². The molecule has 0 heterocycles. The van der Waals surface area contributed by atoms with Crippen molar-refractivity contribution in [1.29, 1.82) is 0 Å². The van der Waals surface area contributed by atoms with Crippen LogP contribution in [0.5, 0.6) is 0 Å². The van der Waals surface area contributed by atoms with Gasteiger partial charge in [-0.05, 0) is 73.2 Å². The van der Waals surface area contributed by atoms with Crippen LogP contribution in [-0.4, -0.2) is 18.1 Å². The van der Waals surface area contributed by atoms with Crippen molar-refractivity contribution in [2.45, 2.75) is 79.6 Å². The normalized spacial score (nSPS) is 36.2. The zero-order chi connectivity index (χ0) is 21.4. The van der Waals surface area contributed by atoms with E-state index in [2.05, 4.69) is 46.5 Å². The van der Waals surface area contributed by atoms with E-state index in [0.717, 1.165) is 25.8 Å². The van der Waals surface area contributed by atoms with Crippen LogP contribution in [0.1, 0.15) is 79.6 Å². The van der Waals surface area contributed by atoms with Gasteiger partial charge in [0.2, 0.25) is 5.78 Å². The first-order valence-electron chi connectivity index (χ1n) is 11.5. The van der Waals surface area contributed by atoms with Gasteiger partial charge in [0, 0.05) is 18.2 Å². The second kappa shape index (κ2) is 8.24. The van der Waals surface area contributed by atoms with E-state index >= 15 is 0 Å². The molecule has 2 saturated carbocycles. The van der Waals surface area contributed by atoms with E-state index in [4.69, 9.17) is 0 Å². The molecule has 3 nitrogen and oxygen atoms in total. The van der Waals surface area contributed by atoms with Gasteiger partial charge in [-0.2, -0.15) is 0 Å². The van der Waals surface area contributed by atoms with E-state index < -0.39 is 0 Å². The Morgan fingerprint density at radius 1 is 1.21 bits per heavy atom. The second-order valence-electron chi connectivity index (χ2n) is 10.4. The molecule has 160 valence electrons. The van der Waals surface area contributed by atoms with Crippen molar-refractivity contribution in [3.05, 3.63) is 35.6 Å². The van der Waals surface area contributed by atoms with Gasteiger partial charge in [-0.15, -0.1) is 0 Å². The van der Waals surface area contributed by atoms with Crippen LogP contribution in [0.4, 0.5) is 0 Å². The molecule has 0 bridgehead atoms. The summed E-state index contributed by atoms with van der Waals surface area (Å²) in [6, 6.07) is 0. The van der Waals surface area contributed by atoms with Crippen LogP contribution in [0.25, 0.3) is 0 Å². The first-order valence-corrected chi connectivity index (χ1v) is 11.5. The Morgan fingerprint density at radius 2 is 1.93 bits per heavy atom. The van der Waals surface area contributed by atoms with E-state index in [1.54, 1.807) is 6.08 Å². The molecule has 0 aliphatic heterocycles. The van der Waals surface area contributed by atoms with E-state index in [0.29, 0.717) is 35.4 Å². The Kier molecular flexibility index (Phi) is 6.27. The summed E-state index contributed by atoms with van der Waals surface area (Å²) >= 11 is 0. The number of carbonyl (C=O) groups excluding carboxylic acids is 2. The Labute approximate surface area is 177 Å². The second-order valence-corrected chi connectivity index (χ2v) is 10.4. The van der Waals surface area contributed by atoms with Gasteiger partial charge in [0.15, 0.2) is 5.78 Å². The molecule has 5 unspecified atom stereocenters. The Hall–Kier alpha value is -1.64. The summed E-state index contributed by atoms with van der Waals surface area (Å²) in [7, 11) is 0. The number of nitrogens with one attached hydrogen (secondary N) is 1. The lowest BCUT2D eigenvalue weighted by Crippen LogP contribution is -2.50. The lowest BCUT2D eigenvalue weighted by atomic mass is 9.46. The number of allylic oxidation sites excluding steroid dienone is 4. The molecule has 0 amide bonds. The van der Waals surface area contributed by atoms with Gasteiger partial charge in [-0.3, -0.25) is 9.59 Å². The van der Waals surface area contributed by atoms with Crippen molar-refractivity contribution in [2.75, 3.05) is 6.54 Å². The molecule has 3 heteroatoms. The molecule has 0 radical (unpaired) electrons. The predicted octanol–water partition coefficient (Wildman–Crippen LogP) is 5.77. The van der Waals surface area contributed by atoms with E-state index in [9.17, 15) is 9.59 Å². The highest BCUT2D eigenvalue weighted by atomic mass is 16.1. The number of rotatable bonds is 6. The standard InChI is InChI=1S/C26H39NO2/c1-7-17(2)16-27-21-14-22(28)20(13-23(21)29)15-26(6)19(4)11-12-25(5)18(3)9-8-10-24(25)26/h13-14,17,19,24,27H,3,7-12,15-16H2,1-2,4-6H3. The Morgan fingerprint density at radius 3 is 2.62 bits per heavy atom. The monoisotopic (exact) mass is 397 g/mol. The molecule has 1 N–H and O–H groups in total. The van der Waals surface area contributed by atoms with Crippen LogP contribution in [0.15, 0.2) is 35.6 Å². The number of carbonyl (C=O) groups is 2. The smallest absolute Gasteiger partial charge is 0.202 e. The summed E-state index contributed by atoms with van der Waals surface area (Å²) in [5.74, 6) is 1.49. The van der Waals surface area contributed by atoms with Gasteiger partial charge >= 0.3 is 0 Å². The zero-order valence-electron chi connectivity index (χ0n) is 19.1. The molecule has 2 fully saturated rings. The van der Waals surface area contributed by atoms with Gasteiger partial charge in [0.25, 0.3) is 0 Å². The fourth-order valence-corrected chi connectivity index (χ4v) is 5.98. The van der Waals surface area contributed by atoms with E-state index in [1.165, 1.54) is 30.9 Å². The van der Waals surface area contributed by atoms with Crippen LogP contribution in [0, 0.1) is 28.6 Å². The first kappa shape index (κ1) is 22.1. The third-order valence-electron chi connectivity index (χ3n) is 8.64. The zero-order valence-corrected chi connectivity index (χ0v) is 19.1. The summed E-state index contributed by atoms with van der Waals surface area (Å²) in [5.41, 5.74) is 2.73. The van der Waals surface area contributed by atoms with Crippen molar-refractivity contribution >= 4 is 11.6 Å². The lowest BCUT2D eigenvalue weighted by molar-refractivity contribution is -0.116. The molecular formula is C26H39NO2. The maximum absolute atomic E-state index is 12.9. The molecule has 0 aromatic heterocycles. The van der Waals surface area contributed by atoms with Gasteiger partial charge in [0.1, 0.15) is 0 Å². The van der Waals surface area contributed by atoms with Gasteiger partial charge in [-0.25, -0.2) is 0 Å². The maximum Gasteiger partial charge on any atom is 0.202 e. The molecule has 0 spiro atoms. The van der Waals surface area contributed by atoms with Gasteiger partial charge < -0.3 is 5.32 Å². The third kappa shape index (κ3) is 4.02. The van der Waals surface area contributed by atoms with Gasteiger partial charge in [-0.1, -0.05) is 53.2 Å². The SMILES string of the molecule is C=C1CCCC2C1(C)CCC(C)C2(C)CC1=CC(=O)C(NCC(C)CC)=CC1=O. The van der Waals surface area contributed by atoms with Crippen molar-refractivity contribution in [3.63, 3.8) is 0 Å². The van der Waals surface area contributed by atoms with Crippen LogP contribution < -0.4 is 5.32 Å². The first-order chi connectivity index (χ1) is 13.6. The molecule has 5 atom stereocenters. The van der Waals surface area contributed by atoms with Crippen LogP contribution >= 0.6 is 0 Å². The van der Waals surface area contributed by atoms with E-state index in [-0.39, 0.29) is 22.4 Å². The highest BCUT2D eigenvalue weighted by Gasteiger charge is 2.54. The number of ketones is 2. The number of fused-ring (bicyclic) bond motifs is 1. The summed E-state index contributed by atoms with van der Waals surface area (Å²) in [4.78, 5) is 25.6. The minimum Gasteiger partial charge on any atom is -0.382 e. The average molecular weight is 398 g/mol. The average Bonchev–Trinajstić information content (AvgIpc) is 2.68. The van der Waals surface area contributed by atoms with Crippen LogP contribution in [0.3, 0.4) is 0 Å². The quantitative estimate of drug-likeness (QED) is 0.457. The minimum absolute atomic E-state index is 0.00610. The summed E-state index contributed by atoms with van der Waals surface area (Å²) < 4.78 is 0. The molecule has 0 aromatic carbocycles. The molecule has 29 heavy (non-hydrogen) atoms. The fraction of sp³-hybridized carbons (Fsp3) is 0.692. The molecule has 3 aliphatic rings. The molecular weight excluding hydrogens is 358 g/mol. The Bertz CT molecular complexity index is 761. The summed E-state index contributed by atoms with van der Waals surface area (Å²) in [6.07, 6.45) is 10.8. The van der Waals surface area contributed by atoms with Crippen molar-refractivity contribution in [1.82, 2.24) is 5.32 Å². The topological polar surface area (TPSA) is 46.2 Å². The highest BCUT2D eigenvalue weighted by Crippen LogP contribution is 2.63. The summed E-state index contributed by atoms with van der Waals surface area (Å²) in [5, 5.41) is 3.19. The maximum atomic E-state index is 12.9. The van der Waals surface area contributed by atoms with Crippen molar-refractivity contribution in [2.24, 2.45) is 28.6 Å². The number of hydrogen-bond acceptors (Lipinski definition) is 3. The molecule has 0 aromatic rings. The van der Waals surface area contributed by atoms with Crippen molar-refractivity contribution < 1.29 is 9.59 Å². The molecule has 3 rings (SSSR count). The van der Waals surface area contributed by atoms with E-state index in [1.807, 2.05) is 0 Å². The highest BCUT2D eigenvalue weighted by molar-refractivity contribution is 6.19. The van der Waals surface area contributed by atoms with Gasteiger partial charge in [0.05, 0.1) is 5.70 Å².